The maximum absolute atomic E-state index is 5.63. The highest BCUT2D eigenvalue weighted by Gasteiger charge is 2.40. The second-order valence-electron chi connectivity index (χ2n) is 7.68. The summed E-state index contributed by atoms with van der Waals surface area (Å²) in [5.41, 5.74) is 3.24. The predicted octanol–water partition coefficient (Wildman–Crippen LogP) is 6.07. The van der Waals surface area contributed by atoms with E-state index < -0.39 is 5.54 Å². The Morgan fingerprint density at radius 3 is 1.85 bits per heavy atom. The molecule has 0 radical (unpaired) electrons. The van der Waals surface area contributed by atoms with E-state index in [2.05, 4.69) is 62.5 Å². The first kappa shape index (κ1) is 22.1. The van der Waals surface area contributed by atoms with Crippen LogP contribution in [0.25, 0.3) is 11.6 Å². The Bertz CT molecular complexity index is 1250. The third-order valence-corrected chi connectivity index (χ3v) is 6.34. The maximum Gasteiger partial charge on any atom is 0.258 e. The van der Waals surface area contributed by atoms with Crippen molar-refractivity contribution in [3.05, 3.63) is 120 Å². The minimum absolute atomic E-state index is 0.445. The quantitative estimate of drug-likeness (QED) is 0.186. The number of ether oxygens (including phenoxy) is 1. The summed E-state index contributed by atoms with van der Waals surface area (Å²) in [6.45, 7) is 2.40. The van der Waals surface area contributed by atoms with E-state index in [1.165, 1.54) is 0 Å². The summed E-state index contributed by atoms with van der Waals surface area (Å²) >= 11 is 3.52. The van der Waals surface area contributed by atoms with Gasteiger partial charge in [-0.1, -0.05) is 107 Å². The molecule has 0 aliphatic carbocycles. The average molecular weight is 515 g/mol. The molecule has 0 bridgehead atoms. The molecule has 0 aliphatic heterocycles. The molecule has 0 unspecified atom stereocenters. The first-order valence-corrected chi connectivity index (χ1v) is 12.2. The molecule has 0 N–H and O–H groups in total. The van der Waals surface area contributed by atoms with Crippen LogP contribution >= 0.6 is 15.9 Å². The molecule has 0 saturated carbocycles. The molecule has 0 fully saturated rings. The number of rotatable bonds is 8. The summed E-state index contributed by atoms with van der Waals surface area (Å²) < 4.78 is 13.1. The number of halogens is 1. The van der Waals surface area contributed by atoms with Crippen LogP contribution in [0, 0.1) is 0 Å². The van der Waals surface area contributed by atoms with Gasteiger partial charge in [-0.3, -0.25) is 0 Å². The van der Waals surface area contributed by atoms with E-state index in [-0.39, 0.29) is 0 Å². The van der Waals surface area contributed by atoms with E-state index in [0.717, 1.165) is 22.3 Å². The zero-order valence-electron chi connectivity index (χ0n) is 18.6. The monoisotopic (exact) mass is 514 g/mol. The molecule has 34 heavy (non-hydrogen) atoms. The fourth-order valence-electron chi connectivity index (χ4n) is 4.30. The van der Waals surface area contributed by atoms with Crippen LogP contribution < -0.4 is 4.74 Å². The standard InChI is InChI=1S/C27H23BrN4O2/c1-2-33-26-23(18-28)24(34-31-26)25-29-19-32(30-25)27(20-12-6-3-7-13-20,21-14-8-4-9-15-21)22-16-10-5-11-17-22/h3-17,19H,2,18H2,1H3. The lowest BCUT2D eigenvalue weighted by atomic mass is 9.77. The number of hydrogen-bond donors (Lipinski definition) is 0. The average Bonchev–Trinajstić information content (AvgIpc) is 3.54. The first-order chi connectivity index (χ1) is 16.8. The molecule has 6 nitrogen and oxygen atoms in total. The molecule has 0 spiro atoms. The summed E-state index contributed by atoms with van der Waals surface area (Å²) in [6, 6.07) is 31.0. The van der Waals surface area contributed by atoms with Gasteiger partial charge in [-0.2, -0.15) is 0 Å². The van der Waals surface area contributed by atoms with Crippen molar-refractivity contribution in [2.75, 3.05) is 6.61 Å². The molecule has 0 saturated heterocycles. The summed E-state index contributed by atoms with van der Waals surface area (Å²) in [7, 11) is 0. The third kappa shape index (κ3) is 3.72. The lowest BCUT2D eigenvalue weighted by Crippen LogP contribution is -2.38. The molecule has 3 aromatic carbocycles. The molecule has 0 atom stereocenters. The Labute approximate surface area is 206 Å². The van der Waals surface area contributed by atoms with Crippen molar-refractivity contribution in [1.82, 2.24) is 19.9 Å². The molecular formula is C27H23BrN4O2. The van der Waals surface area contributed by atoms with Crippen LogP contribution in [0.1, 0.15) is 29.2 Å². The number of alkyl halides is 1. The van der Waals surface area contributed by atoms with Crippen LogP contribution in [0.4, 0.5) is 0 Å². The van der Waals surface area contributed by atoms with E-state index >= 15 is 0 Å². The molecular weight excluding hydrogens is 492 g/mol. The van der Waals surface area contributed by atoms with Gasteiger partial charge in [0.05, 0.1) is 12.2 Å². The molecule has 2 heterocycles. The summed E-state index contributed by atoms with van der Waals surface area (Å²) in [6.07, 6.45) is 1.75. The van der Waals surface area contributed by atoms with Crippen LogP contribution in [-0.2, 0) is 10.9 Å². The predicted molar refractivity (Wildman–Crippen MR) is 134 cm³/mol. The number of hydrogen-bond acceptors (Lipinski definition) is 5. The summed E-state index contributed by atoms with van der Waals surface area (Å²) in [5.74, 6) is 1.38. The van der Waals surface area contributed by atoms with Gasteiger partial charge in [-0.05, 0) is 28.8 Å². The Kier molecular flexibility index (Phi) is 6.27. The lowest BCUT2D eigenvalue weighted by molar-refractivity contribution is 0.295. The van der Waals surface area contributed by atoms with E-state index in [4.69, 9.17) is 14.4 Å². The van der Waals surface area contributed by atoms with Gasteiger partial charge >= 0.3 is 0 Å². The SMILES string of the molecule is CCOc1noc(-c2ncn(C(c3ccccc3)(c3ccccc3)c3ccccc3)n2)c1CBr. The minimum atomic E-state index is -0.744. The number of aromatic nitrogens is 4. The van der Waals surface area contributed by atoms with Gasteiger partial charge < -0.3 is 9.26 Å². The van der Waals surface area contributed by atoms with Crippen LogP contribution in [0.5, 0.6) is 5.88 Å². The van der Waals surface area contributed by atoms with Gasteiger partial charge in [-0.15, -0.1) is 5.10 Å². The number of nitrogens with zero attached hydrogens (tertiary/aromatic N) is 4. The molecule has 2 aromatic heterocycles. The van der Waals surface area contributed by atoms with E-state index in [0.29, 0.717) is 29.4 Å². The van der Waals surface area contributed by atoms with Crippen LogP contribution in [0.2, 0.25) is 0 Å². The van der Waals surface area contributed by atoms with Gasteiger partial charge in [0.15, 0.2) is 0 Å². The third-order valence-electron chi connectivity index (χ3n) is 5.78. The summed E-state index contributed by atoms with van der Waals surface area (Å²) in [4.78, 5) is 4.65. The Morgan fingerprint density at radius 2 is 1.38 bits per heavy atom. The molecule has 0 amide bonds. The van der Waals surface area contributed by atoms with Gasteiger partial charge in [0.2, 0.25) is 11.6 Å². The van der Waals surface area contributed by atoms with E-state index in [9.17, 15) is 0 Å². The van der Waals surface area contributed by atoms with Crippen molar-refractivity contribution in [2.24, 2.45) is 0 Å². The normalized spacial score (nSPS) is 11.5. The topological polar surface area (TPSA) is 66.0 Å². The largest absolute Gasteiger partial charge is 0.476 e. The maximum atomic E-state index is 5.63. The van der Waals surface area contributed by atoms with Crippen molar-refractivity contribution in [3.8, 4) is 17.5 Å². The lowest BCUT2D eigenvalue weighted by Gasteiger charge is -2.35. The second-order valence-corrected chi connectivity index (χ2v) is 8.24. The minimum Gasteiger partial charge on any atom is -0.476 e. The number of benzene rings is 3. The highest BCUT2D eigenvalue weighted by Crippen LogP contribution is 2.41. The fourth-order valence-corrected chi connectivity index (χ4v) is 4.80. The van der Waals surface area contributed by atoms with Gasteiger partial charge in [-0.25, -0.2) is 9.67 Å². The Morgan fingerprint density at radius 1 is 0.853 bits per heavy atom. The Balaban J connectivity index is 1.76. The van der Waals surface area contributed by atoms with E-state index in [1.807, 2.05) is 66.2 Å². The first-order valence-electron chi connectivity index (χ1n) is 11.1. The fraction of sp³-hybridized carbons (Fsp3) is 0.148. The zero-order chi connectivity index (χ0) is 23.4. The van der Waals surface area contributed by atoms with Crippen LogP contribution in [0.3, 0.4) is 0 Å². The molecule has 170 valence electrons. The Hall–Kier alpha value is -3.71. The van der Waals surface area contributed by atoms with Crippen molar-refractivity contribution >= 4 is 15.9 Å². The van der Waals surface area contributed by atoms with Crippen molar-refractivity contribution in [1.29, 1.82) is 0 Å². The second kappa shape index (κ2) is 9.65. The molecule has 5 rings (SSSR count). The van der Waals surface area contributed by atoms with Gasteiger partial charge in [0.25, 0.3) is 5.88 Å². The highest BCUT2D eigenvalue weighted by atomic mass is 79.9. The van der Waals surface area contributed by atoms with Crippen molar-refractivity contribution in [3.63, 3.8) is 0 Å². The molecule has 7 heteroatoms. The molecule has 5 aromatic rings. The van der Waals surface area contributed by atoms with Crippen LogP contribution in [-0.4, -0.2) is 26.5 Å². The zero-order valence-corrected chi connectivity index (χ0v) is 20.2. The summed E-state index contributed by atoms with van der Waals surface area (Å²) in [5, 5.41) is 9.55. The van der Waals surface area contributed by atoms with Crippen molar-refractivity contribution in [2.45, 2.75) is 17.8 Å². The van der Waals surface area contributed by atoms with Crippen molar-refractivity contribution < 1.29 is 9.26 Å². The smallest absolute Gasteiger partial charge is 0.258 e. The van der Waals surface area contributed by atoms with Gasteiger partial charge in [0, 0.05) is 5.33 Å². The highest BCUT2D eigenvalue weighted by molar-refractivity contribution is 9.08. The van der Waals surface area contributed by atoms with Crippen LogP contribution in [0.15, 0.2) is 102 Å². The van der Waals surface area contributed by atoms with E-state index in [1.54, 1.807) is 6.33 Å². The van der Waals surface area contributed by atoms with Gasteiger partial charge in [0.1, 0.15) is 11.9 Å². The molecule has 0 aliphatic rings.